The number of thiophene rings is 1. The second kappa shape index (κ2) is 6.20. The SMILES string of the molecule is CSc1sc(C(=N)N)cc1-c1nc(-c2ccc(F)cc2)cs1. The van der Waals surface area contributed by atoms with Crippen molar-refractivity contribution in [3.63, 3.8) is 0 Å². The van der Waals surface area contributed by atoms with Gasteiger partial charge in [-0.2, -0.15) is 0 Å². The van der Waals surface area contributed by atoms with Gasteiger partial charge in [0.2, 0.25) is 0 Å². The molecule has 0 amide bonds. The number of hydrogen-bond acceptors (Lipinski definition) is 5. The average Bonchev–Trinajstić information content (AvgIpc) is 3.14. The summed E-state index contributed by atoms with van der Waals surface area (Å²) < 4.78 is 14.1. The maximum atomic E-state index is 13.0. The molecule has 3 N–H and O–H groups in total. The van der Waals surface area contributed by atoms with Crippen molar-refractivity contribution in [1.29, 1.82) is 5.41 Å². The second-order valence-electron chi connectivity index (χ2n) is 4.47. The topological polar surface area (TPSA) is 62.8 Å². The first-order valence-corrected chi connectivity index (χ1v) is 9.24. The first-order chi connectivity index (χ1) is 10.6. The number of hydrogen-bond donors (Lipinski definition) is 2. The van der Waals surface area contributed by atoms with Crippen LogP contribution in [0.1, 0.15) is 4.88 Å². The van der Waals surface area contributed by atoms with Gasteiger partial charge in [0.05, 0.1) is 14.8 Å². The van der Waals surface area contributed by atoms with Gasteiger partial charge in [-0.05, 0) is 36.6 Å². The Morgan fingerprint density at radius 1 is 1.32 bits per heavy atom. The Bertz CT molecular complexity index is 821. The molecule has 7 heteroatoms. The highest BCUT2D eigenvalue weighted by molar-refractivity contribution is 8.00. The summed E-state index contributed by atoms with van der Waals surface area (Å²) >= 11 is 4.65. The zero-order valence-electron chi connectivity index (χ0n) is 11.6. The number of benzene rings is 1. The van der Waals surface area contributed by atoms with Gasteiger partial charge in [-0.15, -0.1) is 34.4 Å². The molecule has 112 valence electrons. The number of thiazole rings is 1. The van der Waals surface area contributed by atoms with Gasteiger partial charge in [-0.25, -0.2) is 9.37 Å². The van der Waals surface area contributed by atoms with Gasteiger partial charge in [0.25, 0.3) is 0 Å². The van der Waals surface area contributed by atoms with Gasteiger partial charge in [-0.3, -0.25) is 5.41 Å². The van der Waals surface area contributed by atoms with E-state index in [1.54, 1.807) is 23.9 Å². The molecule has 0 spiro atoms. The lowest BCUT2D eigenvalue weighted by Crippen LogP contribution is -2.08. The molecular weight excluding hydrogens is 337 g/mol. The van der Waals surface area contributed by atoms with Crippen LogP contribution in [0.5, 0.6) is 0 Å². The molecule has 1 aromatic carbocycles. The monoisotopic (exact) mass is 349 g/mol. The van der Waals surface area contributed by atoms with Gasteiger partial charge in [-0.1, -0.05) is 0 Å². The van der Waals surface area contributed by atoms with Crippen molar-refractivity contribution in [1.82, 2.24) is 4.98 Å². The molecule has 0 radical (unpaired) electrons. The van der Waals surface area contributed by atoms with E-state index in [2.05, 4.69) is 4.98 Å². The summed E-state index contributed by atoms with van der Waals surface area (Å²) in [5, 5.41) is 10.4. The van der Waals surface area contributed by atoms with Crippen LogP contribution in [0.25, 0.3) is 21.8 Å². The lowest BCUT2D eigenvalue weighted by Gasteiger charge is -1.97. The van der Waals surface area contributed by atoms with Crippen LogP contribution in [0.2, 0.25) is 0 Å². The molecule has 0 aliphatic carbocycles. The predicted molar refractivity (Wildman–Crippen MR) is 93.6 cm³/mol. The molecule has 0 aliphatic rings. The molecule has 2 heterocycles. The van der Waals surface area contributed by atoms with Gasteiger partial charge < -0.3 is 5.73 Å². The number of rotatable bonds is 4. The van der Waals surface area contributed by atoms with Crippen molar-refractivity contribution >= 4 is 40.3 Å². The van der Waals surface area contributed by atoms with E-state index in [4.69, 9.17) is 11.1 Å². The highest BCUT2D eigenvalue weighted by atomic mass is 32.2. The Hall–Kier alpha value is -1.70. The number of nitrogens with one attached hydrogen (secondary N) is 1. The van der Waals surface area contributed by atoms with Crippen LogP contribution >= 0.6 is 34.4 Å². The van der Waals surface area contributed by atoms with E-state index < -0.39 is 0 Å². The first kappa shape index (κ1) is 15.2. The standard InChI is InChI=1S/C15H12FN3S3/c1-20-15-10(6-12(22-15)13(17)18)14-19-11(7-21-14)8-2-4-9(16)5-3-8/h2-7H,1H3,(H3,17,18). The minimum Gasteiger partial charge on any atom is -0.383 e. The van der Waals surface area contributed by atoms with E-state index in [-0.39, 0.29) is 11.7 Å². The molecule has 3 aromatic rings. The molecule has 22 heavy (non-hydrogen) atoms. The Kier molecular flexibility index (Phi) is 4.28. The van der Waals surface area contributed by atoms with E-state index in [0.717, 1.165) is 30.9 Å². The summed E-state index contributed by atoms with van der Waals surface area (Å²) in [6.07, 6.45) is 1.99. The van der Waals surface area contributed by atoms with Crippen LogP contribution in [0.15, 0.2) is 39.9 Å². The molecule has 0 atom stereocenters. The number of halogens is 1. The number of aromatic nitrogens is 1. The summed E-state index contributed by atoms with van der Waals surface area (Å²) in [4.78, 5) is 5.39. The van der Waals surface area contributed by atoms with Gasteiger partial charge >= 0.3 is 0 Å². The number of amidine groups is 1. The molecule has 0 saturated heterocycles. The van der Waals surface area contributed by atoms with E-state index in [0.29, 0.717) is 0 Å². The normalized spacial score (nSPS) is 10.8. The Morgan fingerprint density at radius 3 is 2.68 bits per heavy atom. The van der Waals surface area contributed by atoms with Crippen LogP contribution in [-0.2, 0) is 0 Å². The van der Waals surface area contributed by atoms with Crippen LogP contribution < -0.4 is 5.73 Å². The summed E-state index contributed by atoms with van der Waals surface area (Å²) in [7, 11) is 0. The molecule has 3 rings (SSSR count). The lowest BCUT2D eigenvalue weighted by atomic mass is 10.2. The van der Waals surface area contributed by atoms with Crippen molar-refractivity contribution in [3.8, 4) is 21.8 Å². The minimum atomic E-state index is -0.257. The Balaban J connectivity index is 2.00. The molecule has 0 saturated carbocycles. The summed E-state index contributed by atoms with van der Waals surface area (Å²) in [5.41, 5.74) is 8.28. The number of nitrogens with two attached hydrogens (primary N) is 1. The second-order valence-corrected chi connectivity index (χ2v) is 7.46. The summed E-state index contributed by atoms with van der Waals surface area (Å²) in [6.45, 7) is 0. The predicted octanol–water partition coefficient (Wildman–Crippen LogP) is 4.68. The van der Waals surface area contributed by atoms with E-state index >= 15 is 0 Å². The zero-order chi connectivity index (χ0) is 15.7. The molecule has 0 fully saturated rings. The Labute approximate surface area is 139 Å². The minimum absolute atomic E-state index is 0.0712. The van der Waals surface area contributed by atoms with E-state index in [9.17, 15) is 4.39 Å². The quantitative estimate of drug-likeness (QED) is 0.408. The lowest BCUT2D eigenvalue weighted by molar-refractivity contribution is 0.628. The van der Waals surface area contributed by atoms with Crippen LogP contribution in [0, 0.1) is 11.2 Å². The van der Waals surface area contributed by atoms with Gasteiger partial charge in [0.1, 0.15) is 16.7 Å². The van der Waals surface area contributed by atoms with Gasteiger partial charge in [0.15, 0.2) is 0 Å². The fourth-order valence-electron chi connectivity index (χ4n) is 1.96. The maximum Gasteiger partial charge on any atom is 0.133 e. The van der Waals surface area contributed by atoms with Crippen molar-refractivity contribution in [2.75, 3.05) is 6.26 Å². The number of nitrogen functional groups attached to an aromatic ring is 1. The van der Waals surface area contributed by atoms with Crippen LogP contribution in [0.3, 0.4) is 0 Å². The van der Waals surface area contributed by atoms with Crippen LogP contribution in [0.4, 0.5) is 4.39 Å². The molecule has 3 nitrogen and oxygen atoms in total. The highest BCUT2D eigenvalue weighted by Crippen LogP contribution is 2.40. The first-order valence-electron chi connectivity index (χ1n) is 6.32. The van der Waals surface area contributed by atoms with Crippen LogP contribution in [-0.4, -0.2) is 17.1 Å². The number of nitrogens with zero attached hydrogens (tertiary/aromatic N) is 1. The smallest absolute Gasteiger partial charge is 0.133 e. The largest absolute Gasteiger partial charge is 0.383 e. The third-order valence-electron chi connectivity index (χ3n) is 3.02. The van der Waals surface area contributed by atoms with Crippen molar-refractivity contribution in [3.05, 3.63) is 46.4 Å². The van der Waals surface area contributed by atoms with E-state index in [1.165, 1.54) is 34.8 Å². The molecule has 0 bridgehead atoms. The highest BCUT2D eigenvalue weighted by Gasteiger charge is 2.15. The van der Waals surface area contributed by atoms with Crippen molar-refractivity contribution in [2.45, 2.75) is 4.21 Å². The molecule has 0 unspecified atom stereocenters. The Morgan fingerprint density at radius 2 is 2.05 bits per heavy atom. The maximum absolute atomic E-state index is 13.0. The molecule has 2 aromatic heterocycles. The third-order valence-corrected chi connectivity index (χ3v) is 6.20. The summed E-state index contributed by atoms with van der Waals surface area (Å²) in [5.74, 6) is -0.185. The van der Waals surface area contributed by atoms with E-state index in [1.807, 2.05) is 17.7 Å². The number of thioether (sulfide) groups is 1. The fraction of sp³-hybridized carbons (Fsp3) is 0.0667. The molecule has 0 aliphatic heterocycles. The zero-order valence-corrected chi connectivity index (χ0v) is 14.0. The van der Waals surface area contributed by atoms with Crippen molar-refractivity contribution < 1.29 is 4.39 Å². The van der Waals surface area contributed by atoms with Crippen molar-refractivity contribution in [2.24, 2.45) is 5.73 Å². The fourth-order valence-corrected chi connectivity index (χ4v) is 4.67. The van der Waals surface area contributed by atoms with Gasteiger partial charge in [0, 0.05) is 16.5 Å². The average molecular weight is 349 g/mol. The molecular formula is C15H12FN3S3. The summed E-state index contributed by atoms with van der Waals surface area (Å²) in [6, 6.07) is 8.21. The third kappa shape index (κ3) is 2.92.